The number of aromatic nitrogens is 2. The lowest BCUT2D eigenvalue weighted by Gasteiger charge is -2.38. The third-order valence-electron chi connectivity index (χ3n) is 10.1. The first-order valence-electron chi connectivity index (χ1n) is 18.5. The van der Waals surface area contributed by atoms with E-state index < -0.39 is 64.9 Å². The van der Waals surface area contributed by atoms with Crippen molar-refractivity contribution < 1.29 is 28.8 Å². The number of amides is 5. The average molecular weight is 696 g/mol. The topological polar surface area (TPSA) is 180 Å². The number of nitrogens with one attached hydrogen (secondary N) is 4. The van der Waals surface area contributed by atoms with Crippen LogP contribution in [0.2, 0.25) is 0 Å². The summed E-state index contributed by atoms with van der Waals surface area (Å²) in [7, 11) is 0. The van der Waals surface area contributed by atoms with Gasteiger partial charge in [0, 0.05) is 25.0 Å². The van der Waals surface area contributed by atoms with Gasteiger partial charge in [-0.2, -0.15) is 0 Å². The normalized spacial score (nSPS) is 21.5. The van der Waals surface area contributed by atoms with E-state index in [1.165, 1.54) is 18.6 Å². The highest BCUT2D eigenvalue weighted by molar-refractivity contribution is 6.38. The zero-order valence-corrected chi connectivity index (χ0v) is 30.6. The Morgan fingerprint density at radius 1 is 0.920 bits per heavy atom. The van der Waals surface area contributed by atoms with E-state index in [1.54, 1.807) is 4.90 Å². The third kappa shape index (κ3) is 10.3. The van der Waals surface area contributed by atoms with Gasteiger partial charge in [0.25, 0.3) is 11.8 Å². The SMILES string of the molecule is CCC[C@H](NC(=O)[C@@H]1[C@@H](CC(C)C)CCN1C(=O)[C@@H](NC(=O)[C@@H](NC(=O)c1cnccn1)C1CCCCC1)C(C)(C)C)C(=O)C(=O)NC1CC1. The number of carbonyl (C=O) groups is 6. The molecule has 2 aliphatic carbocycles. The Hall–Kier alpha value is -3.90. The van der Waals surface area contributed by atoms with Gasteiger partial charge in [-0.3, -0.25) is 33.8 Å². The van der Waals surface area contributed by atoms with E-state index in [2.05, 4.69) is 45.1 Å². The summed E-state index contributed by atoms with van der Waals surface area (Å²) in [6.45, 7) is 11.9. The molecule has 13 heteroatoms. The number of Topliss-reactive ketones (excluding diaryl/α,β-unsaturated/α-hetero) is 1. The van der Waals surface area contributed by atoms with Crippen LogP contribution in [-0.2, 0) is 24.0 Å². The Kier molecular flexibility index (Phi) is 13.5. The molecule has 276 valence electrons. The summed E-state index contributed by atoms with van der Waals surface area (Å²) in [5, 5.41) is 11.5. The van der Waals surface area contributed by atoms with E-state index in [0.29, 0.717) is 32.2 Å². The summed E-state index contributed by atoms with van der Waals surface area (Å²) in [5.41, 5.74) is -0.658. The second-order valence-corrected chi connectivity index (χ2v) is 15.9. The molecule has 1 aromatic heterocycles. The number of nitrogens with zero attached hydrogens (tertiary/aromatic N) is 3. The van der Waals surface area contributed by atoms with Crippen LogP contribution < -0.4 is 21.3 Å². The number of likely N-dealkylation sites (tertiary alicyclic amines) is 1. The van der Waals surface area contributed by atoms with Crippen molar-refractivity contribution in [3.8, 4) is 0 Å². The predicted molar refractivity (Wildman–Crippen MR) is 187 cm³/mol. The maximum atomic E-state index is 14.6. The fraction of sp³-hybridized carbons (Fsp3) is 0.730. The van der Waals surface area contributed by atoms with Crippen LogP contribution in [0.25, 0.3) is 0 Å². The van der Waals surface area contributed by atoms with Gasteiger partial charge in [0.15, 0.2) is 0 Å². The maximum absolute atomic E-state index is 14.6. The minimum atomic E-state index is -1.01. The first-order chi connectivity index (χ1) is 23.7. The van der Waals surface area contributed by atoms with Crippen LogP contribution in [-0.4, -0.2) is 86.9 Å². The van der Waals surface area contributed by atoms with Crippen molar-refractivity contribution in [2.24, 2.45) is 23.2 Å². The van der Waals surface area contributed by atoms with Gasteiger partial charge in [-0.1, -0.05) is 67.2 Å². The van der Waals surface area contributed by atoms with Crippen molar-refractivity contribution in [3.63, 3.8) is 0 Å². The largest absolute Gasteiger partial charge is 0.347 e. The van der Waals surface area contributed by atoms with Crippen molar-refractivity contribution >= 4 is 35.3 Å². The molecule has 0 spiro atoms. The Morgan fingerprint density at radius 3 is 2.20 bits per heavy atom. The van der Waals surface area contributed by atoms with Crippen molar-refractivity contribution in [1.29, 1.82) is 0 Å². The van der Waals surface area contributed by atoms with Crippen LogP contribution in [0.15, 0.2) is 18.6 Å². The average Bonchev–Trinajstić information content (AvgIpc) is 3.80. The van der Waals surface area contributed by atoms with Crippen LogP contribution >= 0.6 is 0 Å². The van der Waals surface area contributed by atoms with Gasteiger partial charge < -0.3 is 26.2 Å². The highest BCUT2D eigenvalue weighted by atomic mass is 16.2. The van der Waals surface area contributed by atoms with Crippen molar-refractivity contribution in [2.45, 2.75) is 142 Å². The van der Waals surface area contributed by atoms with E-state index in [0.717, 1.165) is 44.9 Å². The summed E-state index contributed by atoms with van der Waals surface area (Å²) in [6, 6.07) is -3.78. The molecule has 0 aromatic carbocycles. The summed E-state index contributed by atoms with van der Waals surface area (Å²) < 4.78 is 0. The molecule has 13 nitrogen and oxygen atoms in total. The quantitative estimate of drug-likeness (QED) is 0.202. The molecule has 4 N–H and O–H groups in total. The smallest absolute Gasteiger partial charge is 0.289 e. The van der Waals surface area contributed by atoms with Crippen LogP contribution in [0.1, 0.15) is 123 Å². The summed E-state index contributed by atoms with van der Waals surface area (Å²) in [6.07, 6.45) is 12.5. The van der Waals surface area contributed by atoms with Crippen molar-refractivity contribution in [3.05, 3.63) is 24.3 Å². The van der Waals surface area contributed by atoms with Crippen LogP contribution in [0.3, 0.4) is 0 Å². The van der Waals surface area contributed by atoms with Crippen molar-refractivity contribution in [1.82, 2.24) is 36.1 Å². The second kappa shape index (κ2) is 17.4. The number of rotatable bonds is 15. The van der Waals surface area contributed by atoms with Crippen LogP contribution in [0.4, 0.5) is 0 Å². The number of hydrogen-bond donors (Lipinski definition) is 4. The van der Waals surface area contributed by atoms with Crippen molar-refractivity contribution in [2.75, 3.05) is 6.54 Å². The van der Waals surface area contributed by atoms with E-state index in [1.807, 2.05) is 27.7 Å². The zero-order chi connectivity index (χ0) is 36.6. The molecule has 5 amide bonds. The molecule has 1 aromatic rings. The molecule has 5 atom stereocenters. The van der Waals surface area contributed by atoms with Gasteiger partial charge in [-0.25, -0.2) is 4.98 Å². The Balaban J connectivity index is 1.57. The number of carbonyl (C=O) groups excluding carboxylic acids is 6. The van der Waals surface area contributed by atoms with Gasteiger partial charge >= 0.3 is 0 Å². The van der Waals surface area contributed by atoms with Gasteiger partial charge in [-0.05, 0) is 68.1 Å². The Bertz CT molecular complexity index is 1370. The fourth-order valence-electron chi connectivity index (χ4n) is 7.31. The standard InChI is InChI=1S/C37H57N7O6/c1-7-11-26(30(45)35(49)40-25-14-15-25)41-34(48)29-24(20-22(2)3)16-19-44(29)36(50)31(37(4,5)6)43-33(47)28(23-12-9-8-10-13-23)42-32(46)27-21-38-17-18-39-27/h17-18,21-26,28-29,31H,7-16,19-20H2,1-6H3,(H,40,49)(H,41,48)(H,42,46)(H,43,47)/t24-,26+,28+,29+,31-/m1/s1. The van der Waals surface area contributed by atoms with Crippen LogP contribution in [0.5, 0.6) is 0 Å². The Morgan fingerprint density at radius 2 is 1.62 bits per heavy atom. The fourth-order valence-corrected chi connectivity index (χ4v) is 7.31. The zero-order valence-electron chi connectivity index (χ0n) is 30.6. The highest BCUT2D eigenvalue weighted by Gasteiger charge is 2.47. The molecule has 3 aliphatic rings. The molecule has 3 fully saturated rings. The van der Waals surface area contributed by atoms with E-state index in [4.69, 9.17) is 0 Å². The maximum Gasteiger partial charge on any atom is 0.289 e. The van der Waals surface area contributed by atoms with Gasteiger partial charge in [0.2, 0.25) is 23.5 Å². The molecule has 2 saturated carbocycles. The first-order valence-corrected chi connectivity index (χ1v) is 18.5. The summed E-state index contributed by atoms with van der Waals surface area (Å²) in [4.78, 5) is 91.5. The van der Waals surface area contributed by atoms with Gasteiger partial charge in [-0.15, -0.1) is 0 Å². The molecular weight excluding hydrogens is 638 g/mol. The van der Waals surface area contributed by atoms with Crippen LogP contribution in [0, 0.1) is 23.2 Å². The molecule has 0 bridgehead atoms. The monoisotopic (exact) mass is 695 g/mol. The predicted octanol–water partition coefficient (Wildman–Crippen LogP) is 3.08. The highest BCUT2D eigenvalue weighted by Crippen LogP contribution is 2.34. The third-order valence-corrected chi connectivity index (χ3v) is 10.1. The first kappa shape index (κ1) is 38.9. The minimum absolute atomic E-state index is 0.00498. The molecule has 0 radical (unpaired) electrons. The lowest BCUT2D eigenvalue weighted by Crippen LogP contribution is -2.62. The lowest BCUT2D eigenvalue weighted by molar-refractivity contribution is -0.146. The van der Waals surface area contributed by atoms with Gasteiger partial charge in [0.1, 0.15) is 23.8 Å². The minimum Gasteiger partial charge on any atom is -0.347 e. The lowest BCUT2D eigenvalue weighted by atomic mass is 9.82. The van der Waals surface area contributed by atoms with Gasteiger partial charge in [0.05, 0.1) is 12.2 Å². The molecular formula is C37H57N7O6. The Labute approximate surface area is 296 Å². The van der Waals surface area contributed by atoms with E-state index in [9.17, 15) is 28.8 Å². The molecule has 1 aliphatic heterocycles. The van der Waals surface area contributed by atoms with E-state index in [-0.39, 0.29) is 29.5 Å². The molecule has 2 heterocycles. The number of ketones is 1. The van der Waals surface area contributed by atoms with E-state index >= 15 is 0 Å². The second-order valence-electron chi connectivity index (χ2n) is 15.9. The molecule has 0 unspecified atom stereocenters. The number of hydrogen-bond acceptors (Lipinski definition) is 8. The molecule has 50 heavy (non-hydrogen) atoms. The summed E-state index contributed by atoms with van der Waals surface area (Å²) >= 11 is 0. The summed E-state index contributed by atoms with van der Waals surface area (Å²) in [5.74, 6) is -3.27. The molecule has 4 rings (SSSR count). The molecule has 1 saturated heterocycles.